The van der Waals surface area contributed by atoms with Crippen LogP contribution >= 0.6 is 0 Å². The number of aliphatic hydroxyl groups is 1. The average Bonchev–Trinajstić information content (AvgIpc) is 3.26. The van der Waals surface area contributed by atoms with Crippen LogP contribution in [0.4, 0.5) is 10.5 Å². The van der Waals surface area contributed by atoms with Gasteiger partial charge in [0.15, 0.2) is 0 Å². The average molecular weight is 329 g/mol. The predicted molar refractivity (Wildman–Crippen MR) is 92.0 cm³/mol. The molecule has 0 bridgehead atoms. The van der Waals surface area contributed by atoms with E-state index in [0.717, 1.165) is 13.0 Å². The predicted octanol–water partition coefficient (Wildman–Crippen LogP) is 2.06. The molecule has 2 unspecified atom stereocenters. The fourth-order valence-electron chi connectivity index (χ4n) is 3.01. The van der Waals surface area contributed by atoms with Gasteiger partial charge in [-0.15, -0.1) is 0 Å². The Morgan fingerprint density at radius 1 is 1.25 bits per heavy atom. The second-order valence-electron chi connectivity index (χ2n) is 6.04. The van der Waals surface area contributed by atoms with Crippen molar-refractivity contribution in [1.29, 1.82) is 0 Å². The Hall–Kier alpha value is -2.47. The minimum Gasteiger partial charge on any atom is -0.467 e. The Morgan fingerprint density at radius 2 is 2.04 bits per heavy atom. The van der Waals surface area contributed by atoms with Crippen molar-refractivity contribution >= 4 is 11.7 Å². The van der Waals surface area contributed by atoms with E-state index in [1.165, 1.54) is 17.5 Å². The van der Waals surface area contributed by atoms with Crippen molar-refractivity contribution in [1.82, 2.24) is 10.6 Å². The lowest BCUT2D eigenvalue weighted by Gasteiger charge is -2.27. The minimum absolute atomic E-state index is 0.111. The van der Waals surface area contributed by atoms with Gasteiger partial charge in [0.2, 0.25) is 0 Å². The maximum absolute atomic E-state index is 11.9. The van der Waals surface area contributed by atoms with Gasteiger partial charge in [0, 0.05) is 24.8 Å². The van der Waals surface area contributed by atoms with Crippen molar-refractivity contribution in [3.8, 4) is 0 Å². The molecule has 24 heavy (non-hydrogen) atoms. The van der Waals surface area contributed by atoms with Gasteiger partial charge in [0.25, 0.3) is 0 Å². The molecular formula is C18H23N3O3. The van der Waals surface area contributed by atoms with E-state index in [1.54, 1.807) is 12.1 Å². The number of fused-ring (bicyclic) bond motifs is 1. The largest absolute Gasteiger partial charge is 0.467 e. The van der Waals surface area contributed by atoms with Gasteiger partial charge < -0.3 is 25.1 Å². The van der Waals surface area contributed by atoms with Crippen LogP contribution in [-0.2, 0) is 6.42 Å². The lowest BCUT2D eigenvalue weighted by Crippen LogP contribution is -2.45. The molecule has 128 valence electrons. The molecule has 6 nitrogen and oxygen atoms in total. The first-order chi connectivity index (χ1) is 11.6. The number of nitrogens with one attached hydrogen (secondary N) is 2. The molecule has 0 fully saturated rings. The smallest absolute Gasteiger partial charge is 0.314 e. The maximum atomic E-state index is 11.9. The number of rotatable bonds is 6. The van der Waals surface area contributed by atoms with E-state index in [2.05, 4.69) is 40.7 Å². The normalized spacial score (nSPS) is 15.7. The van der Waals surface area contributed by atoms with Crippen LogP contribution in [-0.4, -0.2) is 36.8 Å². The number of urea groups is 1. The molecule has 2 aromatic rings. The molecule has 1 aromatic heterocycles. The van der Waals surface area contributed by atoms with Crippen LogP contribution in [0.1, 0.15) is 24.4 Å². The van der Waals surface area contributed by atoms with Gasteiger partial charge in [-0.1, -0.05) is 18.2 Å². The molecule has 0 radical (unpaired) electrons. The van der Waals surface area contributed by atoms with Gasteiger partial charge in [-0.2, -0.15) is 0 Å². The summed E-state index contributed by atoms with van der Waals surface area (Å²) in [5.74, 6) is 0.442. The monoisotopic (exact) mass is 329 g/mol. The van der Waals surface area contributed by atoms with Crippen molar-refractivity contribution in [2.75, 3.05) is 24.5 Å². The lowest BCUT2D eigenvalue weighted by molar-refractivity contribution is 0.148. The summed E-state index contributed by atoms with van der Waals surface area (Å²) in [6.07, 6.45) is 1.70. The lowest BCUT2D eigenvalue weighted by atomic mass is 10.2. The zero-order valence-electron chi connectivity index (χ0n) is 13.7. The molecule has 0 saturated carbocycles. The summed E-state index contributed by atoms with van der Waals surface area (Å²) in [5.41, 5.74) is 2.61. The number of furan rings is 1. The minimum atomic E-state index is -0.839. The molecule has 3 N–H and O–H groups in total. The third-order valence-corrected chi connectivity index (χ3v) is 4.34. The van der Waals surface area contributed by atoms with E-state index in [9.17, 15) is 9.90 Å². The third-order valence-electron chi connectivity index (χ3n) is 4.34. The van der Waals surface area contributed by atoms with E-state index >= 15 is 0 Å². The number of aliphatic hydroxyl groups excluding tert-OH is 1. The van der Waals surface area contributed by atoms with Gasteiger partial charge in [0.05, 0.1) is 12.8 Å². The third kappa shape index (κ3) is 3.71. The molecule has 2 atom stereocenters. The SMILES string of the molecule is CC(CNC(=O)NCC(O)c1ccco1)N1CCc2ccccc21. The second-order valence-corrected chi connectivity index (χ2v) is 6.04. The Morgan fingerprint density at radius 3 is 2.83 bits per heavy atom. The van der Waals surface area contributed by atoms with Crippen molar-refractivity contribution in [2.24, 2.45) is 0 Å². The van der Waals surface area contributed by atoms with Gasteiger partial charge in [-0.05, 0) is 37.1 Å². The number of carbonyl (C=O) groups is 1. The molecular weight excluding hydrogens is 306 g/mol. The highest BCUT2D eigenvalue weighted by Crippen LogP contribution is 2.28. The number of nitrogens with zero attached hydrogens (tertiary/aromatic N) is 1. The maximum Gasteiger partial charge on any atom is 0.314 e. The van der Waals surface area contributed by atoms with E-state index in [1.807, 2.05) is 6.07 Å². The Labute approximate surface area is 141 Å². The van der Waals surface area contributed by atoms with Gasteiger partial charge in [-0.25, -0.2) is 4.79 Å². The fourth-order valence-corrected chi connectivity index (χ4v) is 3.01. The summed E-state index contributed by atoms with van der Waals surface area (Å²) in [4.78, 5) is 14.2. The van der Waals surface area contributed by atoms with Crippen LogP contribution in [0.15, 0.2) is 47.1 Å². The Bertz CT molecular complexity index is 672. The first-order valence-corrected chi connectivity index (χ1v) is 8.23. The molecule has 3 rings (SSSR count). The van der Waals surface area contributed by atoms with Crippen molar-refractivity contribution in [3.05, 3.63) is 54.0 Å². The van der Waals surface area contributed by atoms with Crippen LogP contribution in [0.25, 0.3) is 0 Å². The highest BCUT2D eigenvalue weighted by atomic mass is 16.4. The van der Waals surface area contributed by atoms with Gasteiger partial charge in [0.1, 0.15) is 11.9 Å². The standard InChI is InChI=1S/C18H23N3O3/c1-13(21-9-8-14-5-2-3-6-15(14)21)11-19-18(23)20-12-16(22)17-7-4-10-24-17/h2-7,10,13,16,22H,8-9,11-12H2,1H3,(H2,19,20,23). The van der Waals surface area contributed by atoms with Crippen LogP contribution in [0.5, 0.6) is 0 Å². The van der Waals surface area contributed by atoms with Crippen molar-refractivity contribution in [3.63, 3.8) is 0 Å². The van der Waals surface area contributed by atoms with Crippen LogP contribution in [0, 0.1) is 0 Å². The first kappa shape index (κ1) is 16.4. The molecule has 6 heteroatoms. The number of benzene rings is 1. The van der Waals surface area contributed by atoms with E-state index in [-0.39, 0.29) is 18.6 Å². The quantitative estimate of drug-likeness (QED) is 0.758. The highest BCUT2D eigenvalue weighted by Gasteiger charge is 2.23. The number of amides is 2. The highest BCUT2D eigenvalue weighted by molar-refractivity contribution is 5.74. The van der Waals surface area contributed by atoms with E-state index in [4.69, 9.17) is 4.42 Å². The molecule has 1 aliphatic heterocycles. The van der Waals surface area contributed by atoms with E-state index in [0.29, 0.717) is 12.3 Å². The molecule has 0 aliphatic carbocycles. The van der Waals surface area contributed by atoms with Crippen LogP contribution in [0.3, 0.4) is 0 Å². The summed E-state index contributed by atoms with van der Waals surface area (Å²) >= 11 is 0. The Kier molecular flexibility index (Phi) is 5.05. The van der Waals surface area contributed by atoms with Crippen LogP contribution in [0.2, 0.25) is 0 Å². The van der Waals surface area contributed by atoms with Gasteiger partial charge >= 0.3 is 6.03 Å². The fraction of sp³-hybridized carbons (Fsp3) is 0.389. The molecule has 2 heterocycles. The summed E-state index contributed by atoms with van der Waals surface area (Å²) < 4.78 is 5.10. The van der Waals surface area contributed by atoms with Crippen LogP contribution < -0.4 is 15.5 Å². The number of hydrogen-bond acceptors (Lipinski definition) is 4. The number of para-hydroxylation sites is 1. The zero-order chi connectivity index (χ0) is 16.9. The molecule has 1 aromatic carbocycles. The number of carbonyl (C=O) groups excluding carboxylic acids is 1. The molecule has 2 amide bonds. The number of hydrogen-bond donors (Lipinski definition) is 3. The molecule has 0 saturated heterocycles. The number of anilines is 1. The Balaban J connectivity index is 1.43. The summed E-state index contributed by atoms with van der Waals surface area (Å²) in [7, 11) is 0. The summed E-state index contributed by atoms with van der Waals surface area (Å²) in [6.45, 7) is 3.72. The molecule has 0 spiro atoms. The zero-order valence-corrected chi connectivity index (χ0v) is 13.7. The van der Waals surface area contributed by atoms with Gasteiger partial charge in [-0.3, -0.25) is 0 Å². The van der Waals surface area contributed by atoms with Crippen molar-refractivity contribution < 1.29 is 14.3 Å². The second kappa shape index (κ2) is 7.40. The van der Waals surface area contributed by atoms with E-state index < -0.39 is 6.10 Å². The summed E-state index contributed by atoms with van der Waals surface area (Å²) in [5, 5.41) is 15.4. The van der Waals surface area contributed by atoms with Crippen molar-refractivity contribution in [2.45, 2.75) is 25.5 Å². The molecule has 1 aliphatic rings. The summed E-state index contributed by atoms with van der Waals surface area (Å²) in [6, 6.07) is 11.7. The first-order valence-electron chi connectivity index (χ1n) is 8.23. The topological polar surface area (TPSA) is 77.7 Å².